The van der Waals surface area contributed by atoms with E-state index in [-0.39, 0.29) is 11.6 Å². The summed E-state index contributed by atoms with van der Waals surface area (Å²) >= 11 is 3.24. The number of benzene rings is 1. The van der Waals surface area contributed by atoms with Gasteiger partial charge in [-0.05, 0) is 24.5 Å². The van der Waals surface area contributed by atoms with Gasteiger partial charge in [-0.1, -0.05) is 22.0 Å². The minimum absolute atomic E-state index is 0.256. The predicted octanol–water partition coefficient (Wildman–Crippen LogP) is 2.92. The van der Waals surface area contributed by atoms with Crippen LogP contribution >= 0.6 is 15.9 Å². The summed E-state index contributed by atoms with van der Waals surface area (Å²) in [6.07, 6.45) is 1.91. The van der Waals surface area contributed by atoms with Crippen LogP contribution in [-0.2, 0) is 6.42 Å². The topological polar surface area (TPSA) is 18.5 Å². The standard InChI is InChI=1S/C11H12BrFO2/c12-5-7-15-11-9(13)4-3-8-2-1-6-14-10(8)11/h3-4H,1-2,5-7H2. The fourth-order valence-corrected chi connectivity index (χ4v) is 1.81. The number of halogens is 2. The highest BCUT2D eigenvalue weighted by Gasteiger charge is 2.19. The Kier molecular flexibility index (Phi) is 3.46. The molecule has 1 aliphatic rings. The summed E-state index contributed by atoms with van der Waals surface area (Å²) in [6, 6.07) is 3.21. The molecular weight excluding hydrogens is 263 g/mol. The number of ether oxygens (including phenoxy) is 2. The maximum absolute atomic E-state index is 13.5. The van der Waals surface area contributed by atoms with Crippen molar-refractivity contribution in [3.63, 3.8) is 0 Å². The van der Waals surface area contributed by atoms with Crippen molar-refractivity contribution in [3.8, 4) is 11.5 Å². The van der Waals surface area contributed by atoms with E-state index in [1.165, 1.54) is 6.07 Å². The number of rotatable bonds is 3. The number of alkyl halides is 1. The molecule has 0 saturated heterocycles. The Balaban J connectivity index is 2.32. The van der Waals surface area contributed by atoms with Crippen LogP contribution in [0.5, 0.6) is 11.5 Å². The van der Waals surface area contributed by atoms with Crippen molar-refractivity contribution in [3.05, 3.63) is 23.5 Å². The van der Waals surface area contributed by atoms with Gasteiger partial charge in [0.05, 0.1) is 13.2 Å². The molecule has 82 valence electrons. The van der Waals surface area contributed by atoms with Crippen molar-refractivity contribution in [2.45, 2.75) is 12.8 Å². The molecule has 0 amide bonds. The van der Waals surface area contributed by atoms with Crippen molar-refractivity contribution in [2.24, 2.45) is 0 Å². The third-order valence-corrected chi connectivity index (χ3v) is 2.63. The molecule has 0 atom stereocenters. The van der Waals surface area contributed by atoms with Crippen LogP contribution < -0.4 is 9.47 Å². The summed E-state index contributed by atoms with van der Waals surface area (Å²) in [4.78, 5) is 0. The van der Waals surface area contributed by atoms with Crippen molar-refractivity contribution in [2.75, 3.05) is 18.5 Å². The van der Waals surface area contributed by atoms with Gasteiger partial charge in [-0.2, -0.15) is 0 Å². The van der Waals surface area contributed by atoms with Crippen LogP contribution in [0.15, 0.2) is 12.1 Å². The van der Waals surface area contributed by atoms with Gasteiger partial charge in [-0.25, -0.2) is 4.39 Å². The molecule has 1 aliphatic heterocycles. The molecule has 0 saturated carbocycles. The van der Waals surface area contributed by atoms with E-state index in [4.69, 9.17) is 9.47 Å². The Morgan fingerprint density at radius 2 is 2.33 bits per heavy atom. The molecule has 2 nitrogen and oxygen atoms in total. The quantitative estimate of drug-likeness (QED) is 0.790. The van der Waals surface area contributed by atoms with Gasteiger partial charge in [0.1, 0.15) is 0 Å². The number of aryl methyl sites for hydroxylation is 1. The lowest BCUT2D eigenvalue weighted by molar-refractivity contribution is 0.250. The Morgan fingerprint density at radius 1 is 1.47 bits per heavy atom. The number of hydrogen-bond acceptors (Lipinski definition) is 2. The molecule has 2 rings (SSSR count). The van der Waals surface area contributed by atoms with Crippen LogP contribution in [0.25, 0.3) is 0 Å². The average Bonchev–Trinajstić information content (AvgIpc) is 2.28. The zero-order valence-electron chi connectivity index (χ0n) is 8.26. The third kappa shape index (κ3) is 2.25. The minimum atomic E-state index is -0.350. The van der Waals surface area contributed by atoms with Crippen LogP contribution in [0.3, 0.4) is 0 Å². The van der Waals surface area contributed by atoms with Gasteiger partial charge >= 0.3 is 0 Å². The summed E-state index contributed by atoms with van der Waals surface area (Å²) < 4.78 is 24.3. The lowest BCUT2D eigenvalue weighted by Crippen LogP contribution is -2.11. The predicted molar refractivity (Wildman–Crippen MR) is 59.5 cm³/mol. The lowest BCUT2D eigenvalue weighted by Gasteiger charge is -2.20. The Morgan fingerprint density at radius 3 is 3.13 bits per heavy atom. The fraction of sp³-hybridized carbons (Fsp3) is 0.455. The van der Waals surface area contributed by atoms with Gasteiger partial charge in [0, 0.05) is 5.33 Å². The first-order valence-electron chi connectivity index (χ1n) is 4.96. The van der Waals surface area contributed by atoms with Crippen LogP contribution in [0.1, 0.15) is 12.0 Å². The highest BCUT2D eigenvalue weighted by molar-refractivity contribution is 9.09. The van der Waals surface area contributed by atoms with Crippen LogP contribution in [-0.4, -0.2) is 18.5 Å². The van der Waals surface area contributed by atoms with E-state index in [1.807, 2.05) is 0 Å². The summed E-state index contributed by atoms with van der Waals surface area (Å²) in [5.74, 6) is 0.491. The smallest absolute Gasteiger partial charge is 0.197 e. The largest absolute Gasteiger partial charge is 0.489 e. The molecule has 0 bridgehead atoms. The summed E-state index contributed by atoms with van der Waals surface area (Å²) in [7, 11) is 0. The van der Waals surface area contributed by atoms with Gasteiger partial charge in [0.25, 0.3) is 0 Å². The molecule has 4 heteroatoms. The number of hydrogen-bond donors (Lipinski definition) is 0. The Bertz CT molecular complexity index is 355. The monoisotopic (exact) mass is 274 g/mol. The Labute approximate surface area is 96.5 Å². The second kappa shape index (κ2) is 4.84. The fourth-order valence-electron chi connectivity index (χ4n) is 1.65. The van der Waals surface area contributed by atoms with E-state index in [9.17, 15) is 4.39 Å². The molecule has 0 radical (unpaired) electrons. The van der Waals surface area contributed by atoms with Crippen LogP contribution in [0.4, 0.5) is 4.39 Å². The van der Waals surface area contributed by atoms with Gasteiger partial charge in [-0.3, -0.25) is 0 Å². The zero-order valence-corrected chi connectivity index (χ0v) is 9.85. The zero-order chi connectivity index (χ0) is 10.7. The molecule has 0 unspecified atom stereocenters. The van der Waals surface area contributed by atoms with Gasteiger partial charge in [-0.15, -0.1) is 0 Å². The molecule has 1 aromatic rings. The van der Waals surface area contributed by atoms with Gasteiger partial charge in [0.2, 0.25) is 0 Å². The molecule has 0 aliphatic carbocycles. The van der Waals surface area contributed by atoms with Crippen molar-refractivity contribution < 1.29 is 13.9 Å². The molecule has 0 aromatic heterocycles. The van der Waals surface area contributed by atoms with E-state index in [1.54, 1.807) is 6.07 Å². The molecule has 15 heavy (non-hydrogen) atoms. The van der Waals surface area contributed by atoms with E-state index < -0.39 is 0 Å². The molecule has 1 aromatic carbocycles. The van der Waals surface area contributed by atoms with Crippen LogP contribution in [0, 0.1) is 5.82 Å². The van der Waals surface area contributed by atoms with Crippen molar-refractivity contribution >= 4 is 15.9 Å². The highest BCUT2D eigenvalue weighted by atomic mass is 79.9. The lowest BCUT2D eigenvalue weighted by atomic mass is 10.1. The number of fused-ring (bicyclic) bond motifs is 1. The van der Waals surface area contributed by atoms with Gasteiger partial charge < -0.3 is 9.47 Å². The van der Waals surface area contributed by atoms with Crippen LogP contribution in [0.2, 0.25) is 0 Å². The normalized spacial score (nSPS) is 14.3. The molecule has 0 fully saturated rings. The molecular formula is C11H12BrFO2. The maximum atomic E-state index is 13.5. The molecule has 0 spiro atoms. The van der Waals surface area contributed by atoms with E-state index in [2.05, 4.69) is 15.9 Å². The highest BCUT2D eigenvalue weighted by Crippen LogP contribution is 2.37. The first-order chi connectivity index (χ1) is 7.33. The first kappa shape index (κ1) is 10.7. The summed E-state index contributed by atoms with van der Waals surface area (Å²) in [5.41, 5.74) is 1.03. The van der Waals surface area contributed by atoms with Crippen molar-refractivity contribution in [1.29, 1.82) is 0 Å². The summed E-state index contributed by atoms with van der Waals surface area (Å²) in [6.45, 7) is 1.08. The first-order valence-corrected chi connectivity index (χ1v) is 6.08. The summed E-state index contributed by atoms with van der Waals surface area (Å²) in [5, 5.41) is 0.677. The van der Waals surface area contributed by atoms with E-state index in [0.717, 1.165) is 18.4 Å². The minimum Gasteiger partial charge on any atom is -0.489 e. The third-order valence-electron chi connectivity index (χ3n) is 2.31. The Hall–Kier alpha value is -0.770. The maximum Gasteiger partial charge on any atom is 0.197 e. The molecule has 0 N–H and O–H groups in total. The van der Waals surface area contributed by atoms with E-state index >= 15 is 0 Å². The SMILES string of the molecule is Fc1ccc2c(c1OCCBr)OCCC2. The second-order valence-electron chi connectivity index (χ2n) is 3.35. The van der Waals surface area contributed by atoms with Gasteiger partial charge in [0.15, 0.2) is 17.3 Å². The second-order valence-corrected chi connectivity index (χ2v) is 4.15. The van der Waals surface area contributed by atoms with Crippen molar-refractivity contribution in [1.82, 2.24) is 0 Å². The average molecular weight is 275 g/mol. The molecule has 1 heterocycles. The van der Waals surface area contributed by atoms with E-state index in [0.29, 0.717) is 24.3 Å².